The Labute approximate surface area is 85.4 Å². The third-order valence-electron chi connectivity index (χ3n) is 3.36. The minimum atomic E-state index is -3.04. The van der Waals surface area contributed by atoms with E-state index in [1.165, 1.54) is 6.26 Å². The molecule has 0 aromatic rings. The molecule has 3 N–H and O–H groups in total. The fraction of sp³-hybridized carbons (Fsp3) is 1.00. The lowest BCUT2D eigenvalue weighted by atomic mass is 9.83. The van der Waals surface area contributed by atoms with Gasteiger partial charge in [-0.2, -0.15) is 0 Å². The third kappa shape index (κ3) is 2.10. The largest absolute Gasteiger partial charge is 0.396 e. The highest BCUT2D eigenvalue weighted by Crippen LogP contribution is 2.43. The van der Waals surface area contributed by atoms with Crippen molar-refractivity contribution in [2.45, 2.75) is 30.9 Å². The molecule has 2 unspecified atom stereocenters. The maximum absolute atomic E-state index is 11.5. The normalized spacial score (nSPS) is 33.5. The molecule has 14 heavy (non-hydrogen) atoms. The average molecular weight is 221 g/mol. The van der Waals surface area contributed by atoms with Crippen LogP contribution in [0.25, 0.3) is 0 Å². The maximum atomic E-state index is 11.5. The average Bonchev–Trinajstić information content (AvgIpc) is 2.49. The fourth-order valence-electron chi connectivity index (χ4n) is 2.62. The van der Waals surface area contributed by atoms with E-state index in [9.17, 15) is 8.42 Å². The molecule has 84 valence electrons. The highest BCUT2D eigenvalue weighted by atomic mass is 32.2. The molecule has 0 aliphatic heterocycles. The van der Waals surface area contributed by atoms with Crippen molar-refractivity contribution in [2.75, 3.05) is 19.4 Å². The molecule has 0 spiro atoms. The molecule has 1 aliphatic rings. The summed E-state index contributed by atoms with van der Waals surface area (Å²) in [5.74, 6) is 0. The SMILES string of the molecule is CS(=O)(=O)C1CCCC1(CN)CCO. The van der Waals surface area contributed by atoms with Crippen molar-refractivity contribution in [1.82, 2.24) is 0 Å². The molecule has 2 atom stereocenters. The lowest BCUT2D eigenvalue weighted by Crippen LogP contribution is -2.42. The summed E-state index contributed by atoms with van der Waals surface area (Å²) in [4.78, 5) is 0. The second-order valence-corrected chi connectivity index (χ2v) is 6.48. The Morgan fingerprint density at radius 1 is 1.57 bits per heavy atom. The van der Waals surface area contributed by atoms with Gasteiger partial charge in [-0.1, -0.05) is 6.42 Å². The van der Waals surface area contributed by atoms with Gasteiger partial charge in [0.1, 0.15) is 0 Å². The first kappa shape index (κ1) is 11.9. The summed E-state index contributed by atoms with van der Waals surface area (Å²) in [7, 11) is -3.04. The Bertz CT molecular complexity index is 288. The van der Waals surface area contributed by atoms with E-state index in [0.717, 1.165) is 12.8 Å². The van der Waals surface area contributed by atoms with Crippen LogP contribution in [0.1, 0.15) is 25.7 Å². The summed E-state index contributed by atoms with van der Waals surface area (Å²) in [5.41, 5.74) is 5.29. The van der Waals surface area contributed by atoms with Crippen molar-refractivity contribution in [3.63, 3.8) is 0 Å². The molecule has 0 bridgehead atoms. The fourth-order valence-corrected chi connectivity index (χ4v) is 4.45. The molecular formula is C9H19NO3S. The van der Waals surface area contributed by atoms with Gasteiger partial charge < -0.3 is 10.8 Å². The van der Waals surface area contributed by atoms with Crippen molar-refractivity contribution in [3.05, 3.63) is 0 Å². The van der Waals surface area contributed by atoms with Gasteiger partial charge in [0.05, 0.1) is 5.25 Å². The highest BCUT2D eigenvalue weighted by Gasteiger charge is 2.46. The molecule has 0 heterocycles. The van der Waals surface area contributed by atoms with E-state index in [1.54, 1.807) is 0 Å². The minimum absolute atomic E-state index is 0.0171. The number of rotatable bonds is 4. The Morgan fingerprint density at radius 2 is 2.21 bits per heavy atom. The molecule has 1 saturated carbocycles. The molecular weight excluding hydrogens is 202 g/mol. The van der Waals surface area contributed by atoms with E-state index < -0.39 is 9.84 Å². The van der Waals surface area contributed by atoms with Crippen LogP contribution in [0.5, 0.6) is 0 Å². The van der Waals surface area contributed by atoms with Crippen LogP contribution < -0.4 is 5.73 Å². The van der Waals surface area contributed by atoms with Gasteiger partial charge in [-0.05, 0) is 25.8 Å². The van der Waals surface area contributed by atoms with Crippen molar-refractivity contribution >= 4 is 9.84 Å². The van der Waals surface area contributed by atoms with E-state index in [1.807, 2.05) is 0 Å². The molecule has 0 radical (unpaired) electrons. The number of aliphatic hydroxyl groups excluding tert-OH is 1. The van der Waals surface area contributed by atoms with Crippen molar-refractivity contribution in [2.24, 2.45) is 11.1 Å². The standard InChI is InChI=1S/C9H19NO3S/c1-14(12,13)8-3-2-4-9(8,7-10)5-6-11/h8,11H,2-7,10H2,1H3. The second-order valence-electron chi connectivity index (χ2n) is 4.25. The Balaban J connectivity index is 2.94. The number of hydrogen-bond acceptors (Lipinski definition) is 4. The number of sulfone groups is 1. The first-order valence-corrected chi connectivity index (χ1v) is 6.91. The zero-order chi connectivity index (χ0) is 10.8. The van der Waals surface area contributed by atoms with E-state index in [-0.39, 0.29) is 17.3 Å². The summed E-state index contributed by atoms with van der Waals surface area (Å²) in [5, 5.41) is 8.60. The van der Waals surface area contributed by atoms with Crippen LogP contribution in [0.2, 0.25) is 0 Å². The number of nitrogens with two attached hydrogens (primary N) is 1. The summed E-state index contributed by atoms with van der Waals surface area (Å²) in [6.07, 6.45) is 4.18. The molecule has 0 saturated heterocycles. The summed E-state index contributed by atoms with van der Waals surface area (Å²) >= 11 is 0. The zero-order valence-electron chi connectivity index (χ0n) is 8.57. The lowest BCUT2D eigenvalue weighted by Gasteiger charge is -2.32. The lowest BCUT2D eigenvalue weighted by molar-refractivity contribution is 0.192. The van der Waals surface area contributed by atoms with Crippen molar-refractivity contribution in [1.29, 1.82) is 0 Å². The van der Waals surface area contributed by atoms with Gasteiger partial charge in [0.25, 0.3) is 0 Å². The Morgan fingerprint density at radius 3 is 2.64 bits per heavy atom. The molecule has 4 nitrogen and oxygen atoms in total. The summed E-state index contributed by atoms with van der Waals surface area (Å²) in [6, 6.07) is 0. The summed E-state index contributed by atoms with van der Waals surface area (Å²) < 4.78 is 23.1. The van der Waals surface area contributed by atoms with Crippen LogP contribution in [-0.2, 0) is 9.84 Å². The molecule has 0 aromatic carbocycles. The van der Waals surface area contributed by atoms with Gasteiger partial charge in [-0.3, -0.25) is 0 Å². The number of aliphatic hydroxyl groups is 1. The van der Waals surface area contributed by atoms with Crippen LogP contribution in [0.15, 0.2) is 0 Å². The van der Waals surface area contributed by atoms with Gasteiger partial charge in [0, 0.05) is 18.3 Å². The third-order valence-corrected chi connectivity index (χ3v) is 5.13. The van der Waals surface area contributed by atoms with Gasteiger partial charge in [-0.25, -0.2) is 8.42 Å². The van der Waals surface area contributed by atoms with Gasteiger partial charge >= 0.3 is 0 Å². The van der Waals surface area contributed by atoms with E-state index >= 15 is 0 Å². The van der Waals surface area contributed by atoms with Crippen molar-refractivity contribution < 1.29 is 13.5 Å². The van der Waals surface area contributed by atoms with Gasteiger partial charge in [-0.15, -0.1) is 0 Å². The first-order valence-electron chi connectivity index (χ1n) is 4.96. The van der Waals surface area contributed by atoms with Crippen LogP contribution in [-0.4, -0.2) is 38.2 Å². The van der Waals surface area contributed by atoms with E-state index in [2.05, 4.69) is 0 Å². The molecule has 1 aliphatic carbocycles. The van der Waals surface area contributed by atoms with E-state index in [4.69, 9.17) is 10.8 Å². The van der Waals surface area contributed by atoms with Crippen LogP contribution in [0.4, 0.5) is 0 Å². The monoisotopic (exact) mass is 221 g/mol. The minimum Gasteiger partial charge on any atom is -0.396 e. The topological polar surface area (TPSA) is 80.4 Å². The number of hydrogen-bond donors (Lipinski definition) is 2. The first-order chi connectivity index (χ1) is 6.46. The molecule has 5 heteroatoms. The predicted octanol–water partition coefficient (Wildman–Crippen LogP) is -0.0890. The quantitative estimate of drug-likeness (QED) is 0.695. The van der Waals surface area contributed by atoms with Crippen LogP contribution >= 0.6 is 0 Å². The molecule has 1 rings (SSSR count). The van der Waals surface area contributed by atoms with Crippen LogP contribution in [0.3, 0.4) is 0 Å². The zero-order valence-corrected chi connectivity index (χ0v) is 9.39. The van der Waals surface area contributed by atoms with Crippen molar-refractivity contribution in [3.8, 4) is 0 Å². The second kappa shape index (κ2) is 4.16. The van der Waals surface area contributed by atoms with Gasteiger partial charge in [0.15, 0.2) is 9.84 Å². The smallest absolute Gasteiger partial charge is 0.150 e. The van der Waals surface area contributed by atoms with Crippen LogP contribution in [0, 0.1) is 5.41 Å². The van der Waals surface area contributed by atoms with E-state index in [0.29, 0.717) is 19.4 Å². The molecule has 0 aromatic heterocycles. The Kier molecular flexibility index (Phi) is 3.55. The summed E-state index contributed by atoms with van der Waals surface area (Å²) in [6.45, 7) is 0.370. The molecule has 0 amide bonds. The highest BCUT2D eigenvalue weighted by molar-refractivity contribution is 7.91. The Hall–Kier alpha value is -0.130. The maximum Gasteiger partial charge on any atom is 0.150 e. The van der Waals surface area contributed by atoms with Gasteiger partial charge in [0.2, 0.25) is 0 Å². The molecule has 1 fully saturated rings. The predicted molar refractivity (Wildman–Crippen MR) is 55.7 cm³/mol.